The van der Waals surface area contributed by atoms with Crippen molar-refractivity contribution in [2.24, 2.45) is 5.41 Å². The van der Waals surface area contributed by atoms with E-state index in [1.807, 2.05) is 6.08 Å². The zero-order valence-electron chi connectivity index (χ0n) is 17.7. The van der Waals surface area contributed by atoms with Crippen LogP contribution in [0.1, 0.15) is 65.7 Å². The Balaban J connectivity index is 1.47. The molecule has 4 heteroatoms. The van der Waals surface area contributed by atoms with Gasteiger partial charge in [0, 0.05) is 39.1 Å². The standard InChI is InChI=1S/C23H39NO3/c1-5-14-24(17-20-8-7-16-25-20)15-11-21-18-26-23(27-21)12-9-19(10-13-23)22(3,4)6-2/h5,9,20-21H,1,6-8,10-18H2,2-4H3. The van der Waals surface area contributed by atoms with Gasteiger partial charge in [0.15, 0.2) is 5.79 Å². The van der Waals surface area contributed by atoms with E-state index in [9.17, 15) is 0 Å². The first kappa shape index (κ1) is 21.0. The Hall–Kier alpha value is -0.680. The molecule has 154 valence electrons. The Morgan fingerprint density at radius 3 is 2.85 bits per heavy atom. The molecule has 0 N–H and O–H groups in total. The zero-order valence-corrected chi connectivity index (χ0v) is 17.7. The molecule has 1 aliphatic carbocycles. The van der Waals surface area contributed by atoms with Crippen LogP contribution in [-0.2, 0) is 14.2 Å². The molecule has 0 aromatic carbocycles. The molecule has 3 rings (SSSR count). The van der Waals surface area contributed by atoms with Crippen molar-refractivity contribution < 1.29 is 14.2 Å². The lowest BCUT2D eigenvalue weighted by atomic mass is 9.75. The maximum absolute atomic E-state index is 6.43. The van der Waals surface area contributed by atoms with Crippen molar-refractivity contribution in [2.45, 2.75) is 83.7 Å². The molecule has 4 nitrogen and oxygen atoms in total. The van der Waals surface area contributed by atoms with Crippen molar-refractivity contribution in [3.63, 3.8) is 0 Å². The monoisotopic (exact) mass is 377 g/mol. The topological polar surface area (TPSA) is 30.9 Å². The van der Waals surface area contributed by atoms with E-state index < -0.39 is 0 Å². The van der Waals surface area contributed by atoms with Gasteiger partial charge in [-0.15, -0.1) is 6.58 Å². The summed E-state index contributed by atoms with van der Waals surface area (Å²) in [6.45, 7) is 15.4. The average molecular weight is 378 g/mol. The van der Waals surface area contributed by atoms with E-state index in [2.05, 4.69) is 38.3 Å². The van der Waals surface area contributed by atoms with Gasteiger partial charge in [-0.1, -0.05) is 38.5 Å². The first-order valence-electron chi connectivity index (χ1n) is 10.9. The Morgan fingerprint density at radius 1 is 1.37 bits per heavy atom. The normalized spacial score (nSPS) is 31.6. The van der Waals surface area contributed by atoms with Gasteiger partial charge < -0.3 is 14.2 Å². The molecule has 27 heavy (non-hydrogen) atoms. The van der Waals surface area contributed by atoms with Gasteiger partial charge in [0.2, 0.25) is 0 Å². The Bertz CT molecular complexity index is 524. The smallest absolute Gasteiger partial charge is 0.172 e. The minimum Gasteiger partial charge on any atom is -0.377 e. The lowest BCUT2D eigenvalue weighted by molar-refractivity contribution is -0.174. The summed E-state index contributed by atoms with van der Waals surface area (Å²) in [5.41, 5.74) is 1.87. The average Bonchev–Trinajstić information content (AvgIpc) is 3.31. The number of allylic oxidation sites excluding steroid dienone is 1. The predicted octanol–water partition coefficient (Wildman–Crippen LogP) is 4.70. The van der Waals surface area contributed by atoms with Crippen molar-refractivity contribution in [2.75, 3.05) is 32.8 Å². The molecule has 2 saturated heterocycles. The number of hydrogen-bond donors (Lipinski definition) is 0. The van der Waals surface area contributed by atoms with Crippen LogP contribution in [0.25, 0.3) is 0 Å². The van der Waals surface area contributed by atoms with Crippen molar-refractivity contribution in [1.82, 2.24) is 4.90 Å². The van der Waals surface area contributed by atoms with Crippen LogP contribution in [0.3, 0.4) is 0 Å². The molecule has 3 aliphatic rings. The fraction of sp³-hybridized carbons (Fsp3) is 0.826. The second kappa shape index (κ2) is 9.21. The minimum atomic E-state index is -0.365. The molecule has 2 aliphatic heterocycles. The highest BCUT2D eigenvalue weighted by molar-refractivity contribution is 5.17. The van der Waals surface area contributed by atoms with Gasteiger partial charge in [-0.25, -0.2) is 0 Å². The first-order chi connectivity index (χ1) is 13.0. The molecule has 3 unspecified atom stereocenters. The van der Waals surface area contributed by atoms with Gasteiger partial charge in [-0.05, 0) is 37.5 Å². The summed E-state index contributed by atoms with van der Waals surface area (Å²) in [5, 5.41) is 0. The minimum absolute atomic E-state index is 0.205. The van der Waals surface area contributed by atoms with E-state index in [4.69, 9.17) is 14.2 Å². The predicted molar refractivity (Wildman–Crippen MR) is 110 cm³/mol. The van der Waals surface area contributed by atoms with Crippen LogP contribution in [0.4, 0.5) is 0 Å². The molecular formula is C23H39NO3. The highest BCUT2D eigenvalue weighted by Crippen LogP contribution is 2.43. The van der Waals surface area contributed by atoms with Gasteiger partial charge in [-0.3, -0.25) is 4.90 Å². The van der Waals surface area contributed by atoms with Crippen LogP contribution in [-0.4, -0.2) is 55.7 Å². The third-order valence-corrected chi connectivity index (χ3v) is 6.74. The molecule has 0 aromatic rings. The Morgan fingerprint density at radius 2 is 2.22 bits per heavy atom. The van der Waals surface area contributed by atoms with Crippen molar-refractivity contribution in [3.8, 4) is 0 Å². The second-order valence-electron chi connectivity index (χ2n) is 9.10. The number of nitrogens with zero attached hydrogens (tertiary/aromatic N) is 1. The lowest BCUT2D eigenvalue weighted by Gasteiger charge is -2.36. The zero-order chi connectivity index (χ0) is 19.3. The number of rotatable bonds is 9. The maximum atomic E-state index is 6.43. The molecule has 1 spiro atoms. The van der Waals surface area contributed by atoms with Gasteiger partial charge in [0.05, 0.1) is 18.8 Å². The SMILES string of the molecule is C=CCN(CCC1COC2(CC=C(C(C)(C)CC)CC2)O1)CC1CCCO1. The first-order valence-corrected chi connectivity index (χ1v) is 10.9. The van der Waals surface area contributed by atoms with E-state index in [1.165, 1.54) is 19.3 Å². The van der Waals surface area contributed by atoms with Crippen LogP contribution >= 0.6 is 0 Å². The summed E-state index contributed by atoms with van der Waals surface area (Å²) in [6, 6.07) is 0. The summed E-state index contributed by atoms with van der Waals surface area (Å²) in [6.07, 6.45) is 12.5. The second-order valence-corrected chi connectivity index (χ2v) is 9.10. The molecule has 0 radical (unpaired) electrons. The summed E-state index contributed by atoms with van der Waals surface area (Å²) in [4.78, 5) is 2.44. The Kier molecular flexibility index (Phi) is 7.18. The third-order valence-electron chi connectivity index (χ3n) is 6.74. The van der Waals surface area contributed by atoms with Crippen LogP contribution in [0.15, 0.2) is 24.3 Å². The molecular weight excluding hydrogens is 338 g/mol. The fourth-order valence-corrected chi connectivity index (χ4v) is 4.49. The molecule has 0 saturated carbocycles. The van der Waals surface area contributed by atoms with Gasteiger partial charge in [-0.2, -0.15) is 0 Å². The molecule has 0 bridgehead atoms. The summed E-state index contributed by atoms with van der Waals surface area (Å²) in [5.74, 6) is -0.365. The summed E-state index contributed by atoms with van der Waals surface area (Å²) in [7, 11) is 0. The highest BCUT2D eigenvalue weighted by atomic mass is 16.7. The number of ether oxygens (including phenoxy) is 3. The fourth-order valence-electron chi connectivity index (χ4n) is 4.49. The molecule has 3 atom stereocenters. The van der Waals surface area contributed by atoms with Crippen molar-refractivity contribution >= 4 is 0 Å². The van der Waals surface area contributed by atoms with Gasteiger partial charge in [0.1, 0.15) is 0 Å². The van der Waals surface area contributed by atoms with Crippen molar-refractivity contribution in [1.29, 1.82) is 0 Å². The molecule has 2 heterocycles. The van der Waals surface area contributed by atoms with Gasteiger partial charge in [0.25, 0.3) is 0 Å². The molecule has 2 fully saturated rings. The van der Waals surface area contributed by atoms with E-state index >= 15 is 0 Å². The lowest BCUT2D eigenvalue weighted by Crippen LogP contribution is -2.36. The van der Waals surface area contributed by atoms with E-state index in [0.29, 0.717) is 11.5 Å². The largest absolute Gasteiger partial charge is 0.377 e. The third kappa shape index (κ3) is 5.44. The van der Waals surface area contributed by atoms with Crippen LogP contribution in [0.5, 0.6) is 0 Å². The van der Waals surface area contributed by atoms with Crippen molar-refractivity contribution in [3.05, 3.63) is 24.3 Å². The van der Waals surface area contributed by atoms with Crippen LogP contribution in [0, 0.1) is 5.41 Å². The highest BCUT2D eigenvalue weighted by Gasteiger charge is 2.43. The van der Waals surface area contributed by atoms with Crippen LogP contribution in [0.2, 0.25) is 0 Å². The van der Waals surface area contributed by atoms with E-state index in [1.54, 1.807) is 5.57 Å². The summed E-state index contributed by atoms with van der Waals surface area (Å²) < 4.78 is 18.4. The quantitative estimate of drug-likeness (QED) is 0.545. The summed E-state index contributed by atoms with van der Waals surface area (Å²) >= 11 is 0. The molecule has 0 amide bonds. The molecule has 0 aromatic heterocycles. The maximum Gasteiger partial charge on any atom is 0.172 e. The van der Waals surface area contributed by atoms with Crippen LogP contribution < -0.4 is 0 Å². The van der Waals surface area contributed by atoms with Gasteiger partial charge >= 0.3 is 0 Å². The van der Waals surface area contributed by atoms with E-state index in [0.717, 1.165) is 58.5 Å². The van der Waals surface area contributed by atoms with E-state index in [-0.39, 0.29) is 11.9 Å². The Labute approximate surface area is 165 Å². The number of hydrogen-bond acceptors (Lipinski definition) is 4.